The van der Waals surface area contributed by atoms with E-state index in [1.807, 2.05) is 12.1 Å². The normalized spacial score (nSPS) is 10.6. The molecule has 2 nitrogen and oxygen atoms in total. The van der Waals surface area contributed by atoms with E-state index in [2.05, 4.69) is 22.6 Å². The first-order valence-corrected chi connectivity index (χ1v) is 4.91. The highest BCUT2D eigenvalue weighted by atomic mass is 127. The van der Waals surface area contributed by atoms with Crippen molar-refractivity contribution in [2.24, 2.45) is 0 Å². The Bertz CT molecular complexity index is 361. The van der Waals surface area contributed by atoms with Gasteiger partial charge in [0.05, 0.1) is 5.02 Å². The minimum Gasteiger partial charge on any atom is -0.478 e. The second-order valence-corrected chi connectivity index (χ2v) is 3.91. The average Bonchev–Trinajstić information content (AvgIpc) is 2.07. The van der Waals surface area contributed by atoms with Crippen molar-refractivity contribution in [2.45, 2.75) is 0 Å². The van der Waals surface area contributed by atoms with Crippen LogP contribution in [-0.2, 0) is 4.79 Å². The fraction of sp³-hybridized carbons (Fsp3) is 0. The summed E-state index contributed by atoms with van der Waals surface area (Å²) in [6.07, 6.45) is 2.59. The number of hydrogen-bond acceptors (Lipinski definition) is 1. The largest absolute Gasteiger partial charge is 0.478 e. The summed E-state index contributed by atoms with van der Waals surface area (Å²) in [5.41, 5.74) is 0.785. The van der Waals surface area contributed by atoms with Gasteiger partial charge < -0.3 is 5.11 Å². The maximum absolute atomic E-state index is 10.2. The highest BCUT2D eigenvalue weighted by Crippen LogP contribution is 2.20. The van der Waals surface area contributed by atoms with E-state index in [1.165, 1.54) is 6.08 Å². The number of rotatable bonds is 2. The molecular weight excluding hydrogens is 302 g/mol. The molecule has 4 heteroatoms. The molecule has 0 spiro atoms. The van der Waals surface area contributed by atoms with Crippen molar-refractivity contribution in [3.63, 3.8) is 0 Å². The molecule has 13 heavy (non-hydrogen) atoms. The molecule has 1 N–H and O–H groups in total. The fourth-order valence-electron chi connectivity index (χ4n) is 0.784. The second-order valence-electron chi connectivity index (χ2n) is 2.35. The minimum atomic E-state index is -0.963. The van der Waals surface area contributed by atoms with Crippen molar-refractivity contribution in [2.75, 3.05) is 0 Å². The van der Waals surface area contributed by atoms with Gasteiger partial charge in [-0.25, -0.2) is 4.79 Å². The number of carboxylic acids is 1. The van der Waals surface area contributed by atoms with Gasteiger partial charge in [-0.3, -0.25) is 0 Å². The van der Waals surface area contributed by atoms with E-state index < -0.39 is 5.97 Å². The third-order valence-corrected chi connectivity index (χ3v) is 2.93. The number of hydrogen-bond donors (Lipinski definition) is 1. The van der Waals surface area contributed by atoms with Gasteiger partial charge >= 0.3 is 5.97 Å². The Morgan fingerprint density at radius 1 is 1.54 bits per heavy atom. The lowest BCUT2D eigenvalue weighted by molar-refractivity contribution is -0.131. The Kier molecular flexibility index (Phi) is 3.74. The highest BCUT2D eigenvalue weighted by molar-refractivity contribution is 14.1. The van der Waals surface area contributed by atoms with Crippen molar-refractivity contribution in [1.29, 1.82) is 0 Å². The number of carbonyl (C=O) groups is 1. The van der Waals surface area contributed by atoms with Gasteiger partial charge in [-0.05, 0) is 46.4 Å². The molecule has 0 unspecified atom stereocenters. The van der Waals surface area contributed by atoms with Crippen LogP contribution in [0.2, 0.25) is 5.02 Å². The summed E-state index contributed by atoms with van der Waals surface area (Å²) in [7, 11) is 0. The molecule has 68 valence electrons. The zero-order valence-corrected chi connectivity index (χ0v) is 9.41. The van der Waals surface area contributed by atoms with Crippen LogP contribution in [0, 0.1) is 3.57 Å². The molecule has 0 fully saturated rings. The highest BCUT2D eigenvalue weighted by Gasteiger charge is 1.96. The van der Waals surface area contributed by atoms with Crippen LogP contribution in [-0.4, -0.2) is 11.1 Å². The Hall–Kier alpha value is -0.550. The maximum Gasteiger partial charge on any atom is 0.328 e. The second kappa shape index (κ2) is 4.62. The molecule has 0 heterocycles. The lowest BCUT2D eigenvalue weighted by Crippen LogP contribution is -1.85. The summed E-state index contributed by atoms with van der Waals surface area (Å²) in [6.45, 7) is 0. The first-order valence-electron chi connectivity index (χ1n) is 3.45. The van der Waals surface area contributed by atoms with Gasteiger partial charge in [0, 0.05) is 9.65 Å². The van der Waals surface area contributed by atoms with Gasteiger partial charge in [-0.1, -0.05) is 17.7 Å². The van der Waals surface area contributed by atoms with Crippen molar-refractivity contribution >= 4 is 46.2 Å². The van der Waals surface area contributed by atoms with E-state index in [9.17, 15) is 4.79 Å². The molecule has 0 aliphatic carbocycles. The number of halogens is 2. The third-order valence-electron chi connectivity index (χ3n) is 1.36. The molecule has 0 saturated carbocycles. The van der Waals surface area contributed by atoms with Gasteiger partial charge in [0.25, 0.3) is 0 Å². The van der Waals surface area contributed by atoms with Crippen molar-refractivity contribution in [1.82, 2.24) is 0 Å². The topological polar surface area (TPSA) is 37.3 Å². The standard InChI is InChI=1S/C9H6ClIO2/c10-7-5-6(1-3-8(7)11)2-4-9(12)13/h1-5H,(H,12,13). The van der Waals surface area contributed by atoms with Crippen LogP contribution in [0.3, 0.4) is 0 Å². The summed E-state index contributed by atoms with van der Waals surface area (Å²) >= 11 is 7.95. The van der Waals surface area contributed by atoms with Gasteiger partial charge in [0.15, 0.2) is 0 Å². The van der Waals surface area contributed by atoms with E-state index in [-0.39, 0.29) is 0 Å². The summed E-state index contributed by atoms with van der Waals surface area (Å²) in [5.74, 6) is -0.963. The SMILES string of the molecule is O=C(O)C=Cc1ccc(I)c(Cl)c1. The molecule has 0 aliphatic heterocycles. The summed E-state index contributed by atoms with van der Waals surface area (Å²) < 4.78 is 0.951. The number of aliphatic carboxylic acids is 1. The van der Waals surface area contributed by atoms with E-state index in [4.69, 9.17) is 16.7 Å². The van der Waals surface area contributed by atoms with E-state index >= 15 is 0 Å². The molecule has 0 aromatic heterocycles. The zero-order valence-electron chi connectivity index (χ0n) is 6.50. The molecule has 0 aliphatic rings. The smallest absolute Gasteiger partial charge is 0.328 e. The average molecular weight is 309 g/mol. The van der Waals surface area contributed by atoms with Crippen LogP contribution in [0.1, 0.15) is 5.56 Å². The zero-order chi connectivity index (χ0) is 9.84. The van der Waals surface area contributed by atoms with Crippen LogP contribution in [0.4, 0.5) is 0 Å². The number of benzene rings is 1. The monoisotopic (exact) mass is 308 g/mol. The van der Waals surface area contributed by atoms with Crippen LogP contribution >= 0.6 is 34.2 Å². The maximum atomic E-state index is 10.2. The van der Waals surface area contributed by atoms with Crippen LogP contribution in [0.5, 0.6) is 0 Å². The molecule has 1 aromatic carbocycles. The van der Waals surface area contributed by atoms with Crippen LogP contribution in [0.15, 0.2) is 24.3 Å². The molecule has 0 saturated heterocycles. The van der Waals surface area contributed by atoms with Crippen molar-refractivity contribution in [3.8, 4) is 0 Å². The van der Waals surface area contributed by atoms with Crippen molar-refractivity contribution in [3.05, 3.63) is 38.4 Å². The predicted octanol–water partition coefficient (Wildman–Crippen LogP) is 3.04. The van der Waals surface area contributed by atoms with Crippen molar-refractivity contribution < 1.29 is 9.90 Å². The minimum absolute atomic E-state index is 0.633. The molecule has 1 rings (SSSR count). The van der Waals surface area contributed by atoms with Gasteiger partial charge in [0.1, 0.15) is 0 Å². The molecule has 0 atom stereocenters. The Labute approximate surface area is 94.4 Å². The molecule has 1 aromatic rings. The number of carboxylic acid groups (broad SMARTS) is 1. The van der Waals surface area contributed by atoms with E-state index in [0.717, 1.165) is 15.2 Å². The summed E-state index contributed by atoms with van der Waals surface area (Å²) in [5, 5.41) is 9.01. The fourth-order valence-corrected chi connectivity index (χ4v) is 1.31. The lowest BCUT2D eigenvalue weighted by Gasteiger charge is -1.96. The molecule has 0 bridgehead atoms. The Balaban J connectivity index is 2.92. The van der Waals surface area contributed by atoms with E-state index in [1.54, 1.807) is 6.07 Å². The first kappa shape index (κ1) is 10.5. The van der Waals surface area contributed by atoms with Gasteiger partial charge in [-0.2, -0.15) is 0 Å². The van der Waals surface area contributed by atoms with Crippen LogP contribution < -0.4 is 0 Å². The Morgan fingerprint density at radius 3 is 2.77 bits per heavy atom. The molecule has 0 amide bonds. The summed E-state index contributed by atoms with van der Waals surface area (Å²) in [4.78, 5) is 10.2. The molecular formula is C9H6ClIO2. The Morgan fingerprint density at radius 2 is 2.23 bits per heavy atom. The van der Waals surface area contributed by atoms with Gasteiger partial charge in [0.2, 0.25) is 0 Å². The van der Waals surface area contributed by atoms with Crippen LogP contribution in [0.25, 0.3) is 6.08 Å². The van der Waals surface area contributed by atoms with Gasteiger partial charge in [-0.15, -0.1) is 0 Å². The summed E-state index contributed by atoms with van der Waals surface area (Å²) in [6, 6.07) is 5.38. The molecule has 0 radical (unpaired) electrons. The lowest BCUT2D eigenvalue weighted by atomic mass is 10.2. The third kappa shape index (κ3) is 3.36. The van der Waals surface area contributed by atoms with E-state index in [0.29, 0.717) is 5.02 Å². The predicted molar refractivity (Wildman–Crippen MR) is 60.8 cm³/mol. The first-order chi connectivity index (χ1) is 6.09. The quantitative estimate of drug-likeness (QED) is 0.673.